The molecule has 0 aliphatic heterocycles. The lowest BCUT2D eigenvalue weighted by Crippen LogP contribution is -2.34. The number of hydrogen-bond donors (Lipinski definition) is 1. The Morgan fingerprint density at radius 2 is 1.73 bits per heavy atom. The van der Waals surface area contributed by atoms with Gasteiger partial charge in [0.25, 0.3) is 0 Å². The fourth-order valence-corrected chi connectivity index (χ4v) is 2.12. The SMILES string of the molecule is CC(=O)N(CCCN(C)C)CCC(=O)Nc1ccc(Cl)cc1. The fraction of sp³-hybridized carbons (Fsp3) is 0.500. The maximum absolute atomic E-state index is 11.9. The molecule has 0 saturated heterocycles. The second kappa shape index (κ2) is 9.43. The van der Waals surface area contributed by atoms with Crippen LogP contribution in [-0.4, -0.2) is 55.3 Å². The molecule has 6 heteroatoms. The van der Waals surface area contributed by atoms with Gasteiger partial charge in [-0.15, -0.1) is 0 Å². The van der Waals surface area contributed by atoms with E-state index in [1.807, 2.05) is 14.1 Å². The zero-order chi connectivity index (χ0) is 16.5. The molecule has 0 bridgehead atoms. The molecular weight excluding hydrogens is 302 g/mol. The maximum atomic E-state index is 11.9. The van der Waals surface area contributed by atoms with E-state index in [2.05, 4.69) is 10.2 Å². The van der Waals surface area contributed by atoms with Crippen LogP contribution in [0.3, 0.4) is 0 Å². The maximum Gasteiger partial charge on any atom is 0.226 e. The molecule has 2 amide bonds. The minimum Gasteiger partial charge on any atom is -0.342 e. The number of rotatable bonds is 8. The minimum absolute atomic E-state index is 0.00181. The van der Waals surface area contributed by atoms with Crippen molar-refractivity contribution in [1.29, 1.82) is 0 Å². The van der Waals surface area contributed by atoms with Crippen molar-refractivity contribution < 1.29 is 9.59 Å². The predicted octanol–water partition coefficient (Wildman–Crippen LogP) is 2.47. The van der Waals surface area contributed by atoms with E-state index in [4.69, 9.17) is 11.6 Å². The van der Waals surface area contributed by atoms with E-state index in [9.17, 15) is 9.59 Å². The lowest BCUT2D eigenvalue weighted by molar-refractivity contribution is -0.129. The number of halogens is 1. The number of hydrogen-bond acceptors (Lipinski definition) is 3. The smallest absolute Gasteiger partial charge is 0.226 e. The zero-order valence-electron chi connectivity index (χ0n) is 13.4. The predicted molar refractivity (Wildman–Crippen MR) is 90.1 cm³/mol. The van der Waals surface area contributed by atoms with Crippen LogP contribution in [0.25, 0.3) is 0 Å². The van der Waals surface area contributed by atoms with Crippen LogP contribution in [0.1, 0.15) is 19.8 Å². The third-order valence-corrected chi connectivity index (χ3v) is 3.47. The number of anilines is 1. The third-order valence-electron chi connectivity index (χ3n) is 3.22. The molecule has 5 nitrogen and oxygen atoms in total. The largest absolute Gasteiger partial charge is 0.342 e. The number of carbonyl (C=O) groups is 2. The van der Waals surface area contributed by atoms with Crippen molar-refractivity contribution in [2.45, 2.75) is 19.8 Å². The summed E-state index contributed by atoms with van der Waals surface area (Å²) < 4.78 is 0. The van der Waals surface area contributed by atoms with Gasteiger partial charge in [0, 0.05) is 37.1 Å². The Bertz CT molecular complexity index is 489. The van der Waals surface area contributed by atoms with Gasteiger partial charge in [-0.3, -0.25) is 9.59 Å². The first-order valence-corrected chi connectivity index (χ1v) is 7.72. The summed E-state index contributed by atoms with van der Waals surface area (Å²) in [5.74, 6) is -0.112. The molecule has 0 heterocycles. The number of benzene rings is 1. The Morgan fingerprint density at radius 3 is 2.27 bits per heavy atom. The van der Waals surface area contributed by atoms with Crippen molar-refractivity contribution in [1.82, 2.24) is 9.80 Å². The number of nitrogens with one attached hydrogen (secondary N) is 1. The van der Waals surface area contributed by atoms with Crippen molar-refractivity contribution in [2.24, 2.45) is 0 Å². The lowest BCUT2D eigenvalue weighted by atomic mass is 10.3. The highest BCUT2D eigenvalue weighted by Gasteiger charge is 2.11. The molecule has 0 saturated carbocycles. The molecule has 0 fully saturated rings. The van der Waals surface area contributed by atoms with Gasteiger partial charge >= 0.3 is 0 Å². The van der Waals surface area contributed by atoms with Crippen LogP contribution in [0.5, 0.6) is 0 Å². The molecule has 0 aliphatic carbocycles. The van der Waals surface area contributed by atoms with Crippen molar-refractivity contribution in [3.8, 4) is 0 Å². The first kappa shape index (κ1) is 18.5. The van der Waals surface area contributed by atoms with Crippen molar-refractivity contribution >= 4 is 29.1 Å². The first-order chi connectivity index (χ1) is 10.4. The first-order valence-electron chi connectivity index (χ1n) is 7.34. The van der Waals surface area contributed by atoms with E-state index in [0.29, 0.717) is 23.8 Å². The summed E-state index contributed by atoms with van der Waals surface area (Å²) in [6.45, 7) is 3.55. The molecule has 0 unspecified atom stereocenters. The molecule has 0 atom stereocenters. The van der Waals surface area contributed by atoms with Gasteiger partial charge < -0.3 is 15.1 Å². The summed E-state index contributed by atoms with van der Waals surface area (Å²) in [6, 6.07) is 6.95. The van der Waals surface area contributed by atoms with E-state index in [-0.39, 0.29) is 18.2 Å². The van der Waals surface area contributed by atoms with Gasteiger partial charge in [-0.1, -0.05) is 11.6 Å². The number of amides is 2. The van der Waals surface area contributed by atoms with Crippen molar-refractivity contribution in [3.05, 3.63) is 29.3 Å². The van der Waals surface area contributed by atoms with Crippen LogP contribution in [0.4, 0.5) is 5.69 Å². The van der Waals surface area contributed by atoms with Crippen LogP contribution in [0.15, 0.2) is 24.3 Å². The summed E-state index contributed by atoms with van der Waals surface area (Å²) in [7, 11) is 4.00. The van der Waals surface area contributed by atoms with Crippen LogP contribution < -0.4 is 5.32 Å². The minimum atomic E-state index is -0.110. The van der Waals surface area contributed by atoms with Gasteiger partial charge in [0.15, 0.2) is 0 Å². The summed E-state index contributed by atoms with van der Waals surface area (Å²) in [5, 5.41) is 3.42. The van der Waals surface area contributed by atoms with Gasteiger partial charge in [0.1, 0.15) is 0 Å². The van der Waals surface area contributed by atoms with E-state index >= 15 is 0 Å². The molecule has 0 radical (unpaired) electrons. The Labute approximate surface area is 137 Å². The van der Waals surface area contributed by atoms with Gasteiger partial charge in [-0.2, -0.15) is 0 Å². The van der Waals surface area contributed by atoms with Crippen LogP contribution in [0.2, 0.25) is 5.02 Å². The highest BCUT2D eigenvalue weighted by atomic mass is 35.5. The Kier molecular flexibility index (Phi) is 7.91. The van der Waals surface area contributed by atoms with Gasteiger partial charge in [0.05, 0.1) is 0 Å². The van der Waals surface area contributed by atoms with E-state index in [0.717, 1.165) is 13.0 Å². The molecule has 1 aromatic carbocycles. The van der Waals surface area contributed by atoms with Crippen molar-refractivity contribution in [2.75, 3.05) is 39.0 Å². The molecule has 122 valence electrons. The van der Waals surface area contributed by atoms with Crippen LogP contribution in [0, 0.1) is 0 Å². The summed E-state index contributed by atoms with van der Waals surface area (Å²) in [6.07, 6.45) is 1.18. The molecule has 22 heavy (non-hydrogen) atoms. The standard InChI is InChI=1S/C16H24ClN3O2/c1-13(21)20(11-4-10-19(2)3)12-9-16(22)18-15-7-5-14(17)6-8-15/h5-8H,4,9-12H2,1-3H3,(H,18,22). The van der Waals surface area contributed by atoms with Crippen molar-refractivity contribution in [3.63, 3.8) is 0 Å². The zero-order valence-corrected chi connectivity index (χ0v) is 14.2. The second-order valence-corrected chi connectivity index (χ2v) is 5.90. The molecular formula is C16H24ClN3O2. The summed E-state index contributed by atoms with van der Waals surface area (Å²) >= 11 is 5.80. The van der Waals surface area contributed by atoms with Crippen LogP contribution >= 0.6 is 11.6 Å². The third kappa shape index (κ3) is 7.43. The Hall–Kier alpha value is -1.59. The normalized spacial score (nSPS) is 10.6. The summed E-state index contributed by atoms with van der Waals surface area (Å²) in [5.41, 5.74) is 0.705. The van der Waals surface area contributed by atoms with E-state index in [1.165, 1.54) is 6.92 Å². The van der Waals surface area contributed by atoms with Gasteiger partial charge in [-0.05, 0) is 51.3 Å². The van der Waals surface area contributed by atoms with E-state index in [1.54, 1.807) is 29.2 Å². The highest BCUT2D eigenvalue weighted by molar-refractivity contribution is 6.30. The van der Waals surface area contributed by atoms with Gasteiger partial charge in [-0.25, -0.2) is 0 Å². The monoisotopic (exact) mass is 325 g/mol. The number of nitrogens with zero attached hydrogens (tertiary/aromatic N) is 2. The average Bonchev–Trinajstić information content (AvgIpc) is 2.44. The number of carbonyl (C=O) groups excluding carboxylic acids is 2. The van der Waals surface area contributed by atoms with Gasteiger partial charge in [0.2, 0.25) is 11.8 Å². The Morgan fingerprint density at radius 1 is 1.09 bits per heavy atom. The van der Waals surface area contributed by atoms with Crippen LogP contribution in [-0.2, 0) is 9.59 Å². The van der Waals surface area contributed by atoms with E-state index < -0.39 is 0 Å². The molecule has 1 N–H and O–H groups in total. The molecule has 1 rings (SSSR count). The summed E-state index contributed by atoms with van der Waals surface area (Å²) in [4.78, 5) is 27.3. The fourth-order valence-electron chi connectivity index (χ4n) is 2.00. The lowest BCUT2D eigenvalue weighted by Gasteiger charge is -2.21. The second-order valence-electron chi connectivity index (χ2n) is 5.47. The topological polar surface area (TPSA) is 52.7 Å². The molecule has 1 aromatic rings. The quantitative estimate of drug-likeness (QED) is 0.799. The Balaban J connectivity index is 2.38. The highest BCUT2D eigenvalue weighted by Crippen LogP contribution is 2.13. The molecule has 0 aromatic heterocycles. The molecule has 0 spiro atoms. The average molecular weight is 326 g/mol. The molecule has 0 aliphatic rings.